The molecular weight excluding hydrogens is 254 g/mol. The summed E-state index contributed by atoms with van der Waals surface area (Å²) in [7, 11) is 1.78. The van der Waals surface area contributed by atoms with Crippen molar-refractivity contribution in [1.29, 1.82) is 0 Å². The Morgan fingerprint density at radius 2 is 2.22 bits per heavy atom. The first-order chi connectivity index (χ1) is 8.58. The minimum atomic E-state index is -0.379. The SMILES string of the molecule is CNc1cc(C)nc(Cn2cc(Cl)cnc2=O)n1. The predicted molar refractivity (Wildman–Crippen MR) is 68.9 cm³/mol. The average molecular weight is 266 g/mol. The molecule has 94 valence electrons. The summed E-state index contributed by atoms with van der Waals surface area (Å²) < 4.78 is 1.37. The molecule has 0 amide bonds. The van der Waals surface area contributed by atoms with E-state index in [-0.39, 0.29) is 12.2 Å². The van der Waals surface area contributed by atoms with E-state index < -0.39 is 0 Å². The summed E-state index contributed by atoms with van der Waals surface area (Å²) in [6.07, 6.45) is 2.83. The summed E-state index contributed by atoms with van der Waals surface area (Å²) in [6.45, 7) is 2.10. The Kier molecular flexibility index (Phi) is 3.57. The number of halogens is 1. The summed E-state index contributed by atoms with van der Waals surface area (Å²) >= 11 is 5.80. The lowest BCUT2D eigenvalue weighted by Gasteiger charge is -2.07. The van der Waals surface area contributed by atoms with Gasteiger partial charge in [-0.15, -0.1) is 0 Å². The van der Waals surface area contributed by atoms with Gasteiger partial charge in [-0.2, -0.15) is 0 Å². The monoisotopic (exact) mass is 265 g/mol. The quantitative estimate of drug-likeness (QED) is 0.899. The van der Waals surface area contributed by atoms with Gasteiger partial charge in [0, 0.05) is 25.0 Å². The van der Waals surface area contributed by atoms with E-state index in [0.717, 1.165) is 5.69 Å². The predicted octanol–water partition coefficient (Wildman–Crippen LogP) is 1.09. The van der Waals surface area contributed by atoms with E-state index in [1.54, 1.807) is 7.05 Å². The molecule has 0 bridgehead atoms. The summed E-state index contributed by atoms with van der Waals surface area (Å²) in [5, 5.41) is 3.34. The third kappa shape index (κ3) is 2.84. The summed E-state index contributed by atoms with van der Waals surface area (Å²) in [6, 6.07) is 1.82. The fraction of sp³-hybridized carbons (Fsp3) is 0.273. The molecule has 0 spiro atoms. The van der Waals surface area contributed by atoms with Crippen LogP contribution in [0.4, 0.5) is 5.82 Å². The number of nitrogens with zero attached hydrogens (tertiary/aromatic N) is 4. The summed E-state index contributed by atoms with van der Waals surface area (Å²) in [5.41, 5.74) is 0.447. The molecule has 2 rings (SSSR count). The molecule has 0 aliphatic rings. The van der Waals surface area contributed by atoms with Gasteiger partial charge < -0.3 is 5.32 Å². The van der Waals surface area contributed by atoms with Crippen molar-refractivity contribution in [3.63, 3.8) is 0 Å². The van der Waals surface area contributed by atoms with Gasteiger partial charge in [0.1, 0.15) is 5.82 Å². The molecule has 7 heteroatoms. The molecule has 18 heavy (non-hydrogen) atoms. The van der Waals surface area contributed by atoms with Crippen LogP contribution in [-0.4, -0.2) is 26.6 Å². The number of anilines is 1. The van der Waals surface area contributed by atoms with Crippen molar-refractivity contribution in [3.05, 3.63) is 45.5 Å². The Hall–Kier alpha value is -1.95. The van der Waals surface area contributed by atoms with E-state index >= 15 is 0 Å². The van der Waals surface area contributed by atoms with Crippen molar-refractivity contribution in [2.24, 2.45) is 0 Å². The van der Waals surface area contributed by atoms with Crippen molar-refractivity contribution >= 4 is 17.4 Å². The largest absolute Gasteiger partial charge is 0.373 e. The highest BCUT2D eigenvalue weighted by Crippen LogP contribution is 2.07. The van der Waals surface area contributed by atoms with Gasteiger partial charge in [0.25, 0.3) is 0 Å². The second-order valence-electron chi connectivity index (χ2n) is 3.74. The minimum absolute atomic E-state index is 0.239. The number of rotatable bonds is 3. The average Bonchev–Trinajstić information content (AvgIpc) is 2.33. The Balaban J connectivity index is 2.36. The van der Waals surface area contributed by atoms with Crippen LogP contribution in [0.1, 0.15) is 11.5 Å². The number of aromatic nitrogens is 4. The maximum atomic E-state index is 11.5. The van der Waals surface area contributed by atoms with Crippen LogP contribution in [0.15, 0.2) is 23.3 Å². The van der Waals surface area contributed by atoms with E-state index in [4.69, 9.17) is 11.6 Å². The lowest BCUT2D eigenvalue weighted by atomic mass is 10.4. The maximum absolute atomic E-state index is 11.5. The zero-order valence-electron chi connectivity index (χ0n) is 10.0. The zero-order chi connectivity index (χ0) is 13.1. The second-order valence-corrected chi connectivity index (χ2v) is 4.18. The van der Waals surface area contributed by atoms with E-state index in [0.29, 0.717) is 16.7 Å². The van der Waals surface area contributed by atoms with E-state index in [1.807, 2.05) is 13.0 Å². The zero-order valence-corrected chi connectivity index (χ0v) is 10.8. The van der Waals surface area contributed by atoms with Crippen LogP contribution < -0.4 is 11.0 Å². The molecule has 0 atom stereocenters. The molecule has 6 nitrogen and oxygen atoms in total. The topological polar surface area (TPSA) is 72.7 Å². The van der Waals surface area contributed by atoms with Crippen molar-refractivity contribution in [2.45, 2.75) is 13.5 Å². The van der Waals surface area contributed by atoms with Crippen molar-refractivity contribution in [2.75, 3.05) is 12.4 Å². The van der Waals surface area contributed by atoms with E-state index in [2.05, 4.69) is 20.3 Å². The van der Waals surface area contributed by atoms with Gasteiger partial charge in [0.2, 0.25) is 0 Å². The third-order valence-electron chi connectivity index (χ3n) is 2.29. The molecule has 0 radical (unpaired) electrons. The Labute approximate surface area is 109 Å². The van der Waals surface area contributed by atoms with Gasteiger partial charge >= 0.3 is 5.69 Å². The van der Waals surface area contributed by atoms with Crippen LogP contribution in [0.25, 0.3) is 0 Å². The molecule has 2 aromatic heterocycles. The molecule has 0 aromatic carbocycles. The lowest BCUT2D eigenvalue weighted by molar-refractivity contribution is 0.688. The number of aryl methyl sites for hydroxylation is 1. The maximum Gasteiger partial charge on any atom is 0.348 e. The third-order valence-corrected chi connectivity index (χ3v) is 2.49. The van der Waals surface area contributed by atoms with Crippen LogP contribution in [0, 0.1) is 6.92 Å². The molecule has 0 saturated heterocycles. The van der Waals surface area contributed by atoms with E-state index in [9.17, 15) is 4.79 Å². The van der Waals surface area contributed by atoms with Crippen LogP contribution in [-0.2, 0) is 6.54 Å². The molecule has 0 aliphatic heterocycles. The van der Waals surface area contributed by atoms with Gasteiger partial charge in [-0.3, -0.25) is 4.57 Å². The van der Waals surface area contributed by atoms with Crippen LogP contribution >= 0.6 is 11.6 Å². The van der Waals surface area contributed by atoms with E-state index in [1.165, 1.54) is 17.0 Å². The Morgan fingerprint density at radius 3 is 2.94 bits per heavy atom. The Bertz CT molecular complexity index is 625. The van der Waals surface area contributed by atoms with Crippen LogP contribution in [0.3, 0.4) is 0 Å². The molecule has 2 heterocycles. The van der Waals surface area contributed by atoms with Crippen LogP contribution in [0.2, 0.25) is 5.02 Å². The smallest absolute Gasteiger partial charge is 0.348 e. The molecule has 0 fully saturated rings. The highest BCUT2D eigenvalue weighted by molar-refractivity contribution is 6.30. The second kappa shape index (κ2) is 5.14. The number of hydrogen-bond acceptors (Lipinski definition) is 5. The molecule has 1 N–H and O–H groups in total. The van der Waals surface area contributed by atoms with Gasteiger partial charge in [-0.1, -0.05) is 11.6 Å². The summed E-state index contributed by atoms with van der Waals surface area (Å²) in [4.78, 5) is 23.7. The van der Waals surface area contributed by atoms with Gasteiger partial charge in [0.05, 0.1) is 17.8 Å². The minimum Gasteiger partial charge on any atom is -0.373 e. The summed E-state index contributed by atoms with van der Waals surface area (Å²) in [5.74, 6) is 1.24. The first kappa shape index (κ1) is 12.5. The highest BCUT2D eigenvalue weighted by atomic mass is 35.5. The molecular formula is C11H12ClN5O. The lowest BCUT2D eigenvalue weighted by Crippen LogP contribution is -2.23. The molecule has 0 saturated carbocycles. The van der Waals surface area contributed by atoms with Crippen molar-refractivity contribution < 1.29 is 0 Å². The first-order valence-electron chi connectivity index (χ1n) is 5.33. The van der Waals surface area contributed by atoms with Gasteiger partial charge in [-0.05, 0) is 6.92 Å². The molecule has 2 aromatic rings. The van der Waals surface area contributed by atoms with Crippen LogP contribution in [0.5, 0.6) is 0 Å². The van der Waals surface area contributed by atoms with Gasteiger partial charge in [-0.25, -0.2) is 19.7 Å². The standard InChI is InChI=1S/C11H12ClN5O/c1-7-3-9(13-2)16-10(15-7)6-17-5-8(12)4-14-11(17)18/h3-5H,6H2,1-2H3,(H,13,15,16). The molecule has 0 aliphatic carbocycles. The fourth-order valence-corrected chi connectivity index (χ4v) is 1.69. The first-order valence-corrected chi connectivity index (χ1v) is 5.70. The normalized spacial score (nSPS) is 10.4. The van der Waals surface area contributed by atoms with Crippen molar-refractivity contribution in [3.8, 4) is 0 Å². The highest BCUT2D eigenvalue weighted by Gasteiger charge is 2.05. The fourth-order valence-electron chi connectivity index (χ4n) is 1.52. The van der Waals surface area contributed by atoms with Gasteiger partial charge in [0.15, 0.2) is 5.82 Å². The Morgan fingerprint density at radius 1 is 1.44 bits per heavy atom. The molecule has 0 unspecified atom stereocenters. The number of hydrogen-bond donors (Lipinski definition) is 1. The number of nitrogens with one attached hydrogen (secondary N) is 1. The van der Waals surface area contributed by atoms with Crippen molar-refractivity contribution in [1.82, 2.24) is 19.5 Å².